The molecule has 110 valence electrons. The highest BCUT2D eigenvalue weighted by atomic mass is 32.1. The maximum absolute atomic E-state index is 12.1. The minimum Gasteiger partial charge on any atom is -0.345 e. The van der Waals surface area contributed by atoms with Crippen LogP contribution in [-0.4, -0.2) is 40.4 Å². The first-order chi connectivity index (χ1) is 10.0. The Morgan fingerprint density at radius 2 is 1.90 bits per heavy atom. The third kappa shape index (κ3) is 3.43. The van der Waals surface area contributed by atoms with Crippen molar-refractivity contribution in [3.63, 3.8) is 0 Å². The molecule has 0 aliphatic rings. The van der Waals surface area contributed by atoms with Crippen molar-refractivity contribution in [3.8, 4) is 0 Å². The highest BCUT2D eigenvalue weighted by molar-refractivity contribution is 7.08. The van der Waals surface area contributed by atoms with Crippen molar-refractivity contribution in [1.29, 1.82) is 0 Å². The molecule has 0 radical (unpaired) electrons. The largest absolute Gasteiger partial charge is 0.345 e. The zero-order valence-electron chi connectivity index (χ0n) is 12.1. The average molecular weight is 304 g/mol. The van der Waals surface area contributed by atoms with Crippen LogP contribution in [0.25, 0.3) is 0 Å². The van der Waals surface area contributed by atoms with E-state index in [0.717, 1.165) is 11.5 Å². The van der Waals surface area contributed by atoms with Crippen molar-refractivity contribution in [1.82, 2.24) is 14.5 Å². The van der Waals surface area contributed by atoms with Gasteiger partial charge in [0.25, 0.3) is 11.8 Å². The standard InChI is InChI=1S/C14H16N4O2S/c1-4-11-12(21-17-16-11)13(19)15-10-7-5-9(6-8-10)14(20)18(2)3/h5-8H,4H2,1-3H3,(H,15,19). The molecule has 0 atom stereocenters. The fourth-order valence-electron chi connectivity index (χ4n) is 1.75. The van der Waals surface area contributed by atoms with Gasteiger partial charge < -0.3 is 10.2 Å². The number of rotatable bonds is 4. The number of anilines is 1. The Kier molecular flexibility index (Phi) is 4.64. The lowest BCUT2D eigenvalue weighted by Gasteiger charge is -2.10. The molecule has 1 aromatic heterocycles. The number of carbonyl (C=O) groups is 2. The van der Waals surface area contributed by atoms with Gasteiger partial charge in [0.2, 0.25) is 0 Å². The maximum atomic E-state index is 12.1. The third-order valence-corrected chi connectivity index (χ3v) is 3.66. The molecule has 2 aromatic rings. The van der Waals surface area contributed by atoms with E-state index in [4.69, 9.17) is 0 Å². The van der Waals surface area contributed by atoms with Gasteiger partial charge in [0.1, 0.15) is 4.88 Å². The molecule has 0 aliphatic carbocycles. The first kappa shape index (κ1) is 15.1. The summed E-state index contributed by atoms with van der Waals surface area (Å²) < 4.78 is 3.79. The Labute approximate surface area is 127 Å². The summed E-state index contributed by atoms with van der Waals surface area (Å²) in [6, 6.07) is 6.77. The second kappa shape index (κ2) is 6.45. The Balaban J connectivity index is 2.10. The highest BCUT2D eigenvalue weighted by Crippen LogP contribution is 2.16. The molecule has 6 nitrogen and oxygen atoms in total. The number of aromatic nitrogens is 2. The topological polar surface area (TPSA) is 75.2 Å². The predicted octanol–water partition coefficient (Wildman–Crippen LogP) is 2.05. The Morgan fingerprint density at radius 1 is 1.24 bits per heavy atom. The van der Waals surface area contributed by atoms with E-state index in [1.807, 2.05) is 6.92 Å². The molecule has 7 heteroatoms. The summed E-state index contributed by atoms with van der Waals surface area (Å²) in [4.78, 5) is 25.9. The summed E-state index contributed by atoms with van der Waals surface area (Å²) in [5, 5.41) is 6.69. The van der Waals surface area contributed by atoms with Gasteiger partial charge in [0.15, 0.2) is 0 Å². The minimum atomic E-state index is -0.228. The molecule has 0 saturated carbocycles. The number of nitrogens with zero attached hydrogens (tertiary/aromatic N) is 3. The lowest BCUT2D eigenvalue weighted by atomic mass is 10.2. The van der Waals surface area contributed by atoms with Crippen LogP contribution in [0.5, 0.6) is 0 Å². The molecule has 0 aliphatic heterocycles. The first-order valence-corrected chi connectivity index (χ1v) is 7.24. The van der Waals surface area contributed by atoms with Crippen LogP contribution in [0.1, 0.15) is 32.6 Å². The molecule has 0 bridgehead atoms. The molecule has 2 rings (SSSR count). The fraction of sp³-hybridized carbons (Fsp3) is 0.286. The van der Waals surface area contributed by atoms with E-state index in [2.05, 4.69) is 14.9 Å². The number of nitrogens with one attached hydrogen (secondary N) is 1. The number of carbonyl (C=O) groups excluding carboxylic acids is 2. The van der Waals surface area contributed by atoms with E-state index >= 15 is 0 Å². The molecule has 1 N–H and O–H groups in total. The molecule has 21 heavy (non-hydrogen) atoms. The number of benzene rings is 1. The molecular formula is C14H16N4O2S. The summed E-state index contributed by atoms with van der Waals surface area (Å²) in [6.07, 6.45) is 0.662. The maximum Gasteiger partial charge on any atom is 0.269 e. The molecule has 1 aromatic carbocycles. The van der Waals surface area contributed by atoms with Crippen LogP contribution in [0.3, 0.4) is 0 Å². The summed E-state index contributed by atoms with van der Waals surface area (Å²) in [5.41, 5.74) is 1.90. The van der Waals surface area contributed by atoms with Gasteiger partial charge >= 0.3 is 0 Å². The molecule has 2 amide bonds. The number of hydrogen-bond donors (Lipinski definition) is 1. The third-order valence-electron chi connectivity index (χ3n) is 2.89. The van der Waals surface area contributed by atoms with Crippen LogP contribution in [0.2, 0.25) is 0 Å². The van der Waals surface area contributed by atoms with E-state index in [9.17, 15) is 9.59 Å². The monoisotopic (exact) mass is 304 g/mol. The lowest BCUT2D eigenvalue weighted by molar-refractivity contribution is 0.0827. The van der Waals surface area contributed by atoms with Crippen LogP contribution in [0.4, 0.5) is 5.69 Å². The smallest absolute Gasteiger partial charge is 0.269 e. The van der Waals surface area contributed by atoms with Crippen LogP contribution in [0.15, 0.2) is 24.3 Å². The predicted molar refractivity (Wildman–Crippen MR) is 81.7 cm³/mol. The Bertz CT molecular complexity index is 649. The van der Waals surface area contributed by atoms with Crippen LogP contribution < -0.4 is 5.32 Å². The quantitative estimate of drug-likeness (QED) is 0.938. The molecule has 0 unspecified atom stereocenters. The molecular weight excluding hydrogens is 288 g/mol. The van der Waals surface area contributed by atoms with Gasteiger partial charge in [-0.1, -0.05) is 11.4 Å². The Hall–Kier alpha value is -2.28. The number of aryl methyl sites for hydroxylation is 1. The van der Waals surface area contributed by atoms with Crippen molar-refractivity contribution < 1.29 is 9.59 Å². The molecule has 0 fully saturated rings. The molecule has 0 spiro atoms. The van der Waals surface area contributed by atoms with E-state index in [1.54, 1.807) is 38.4 Å². The van der Waals surface area contributed by atoms with Gasteiger partial charge in [0, 0.05) is 25.3 Å². The van der Waals surface area contributed by atoms with Crippen molar-refractivity contribution in [2.75, 3.05) is 19.4 Å². The van der Waals surface area contributed by atoms with Gasteiger partial charge in [-0.3, -0.25) is 9.59 Å². The van der Waals surface area contributed by atoms with Crippen molar-refractivity contribution >= 4 is 29.0 Å². The summed E-state index contributed by atoms with van der Waals surface area (Å²) in [5.74, 6) is -0.304. The van der Waals surface area contributed by atoms with Crippen molar-refractivity contribution in [3.05, 3.63) is 40.4 Å². The highest BCUT2D eigenvalue weighted by Gasteiger charge is 2.15. The van der Waals surface area contributed by atoms with Gasteiger partial charge in [-0.05, 0) is 42.2 Å². The van der Waals surface area contributed by atoms with E-state index in [-0.39, 0.29) is 11.8 Å². The lowest BCUT2D eigenvalue weighted by Crippen LogP contribution is -2.21. The van der Waals surface area contributed by atoms with Gasteiger partial charge in [0.05, 0.1) is 5.69 Å². The normalized spacial score (nSPS) is 10.2. The van der Waals surface area contributed by atoms with Gasteiger partial charge in [-0.2, -0.15) is 0 Å². The van der Waals surface area contributed by atoms with E-state index < -0.39 is 0 Å². The first-order valence-electron chi connectivity index (χ1n) is 6.47. The number of amides is 2. The summed E-state index contributed by atoms with van der Waals surface area (Å²) in [6.45, 7) is 1.93. The fourth-order valence-corrected chi connectivity index (χ4v) is 2.40. The van der Waals surface area contributed by atoms with Crippen LogP contribution in [-0.2, 0) is 6.42 Å². The van der Waals surface area contributed by atoms with E-state index in [1.165, 1.54) is 4.90 Å². The second-order valence-corrected chi connectivity index (χ2v) is 5.39. The average Bonchev–Trinajstić information content (AvgIpc) is 2.95. The van der Waals surface area contributed by atoms with Gasteiger partial charge in [-0.25, -0.2) is 0 Å². The zero-order chi connectivity index (χ0) is 15.4. The summed E-state index contributed by atoms with van der Waals surface area (Å²) in [7, 11) is 3.39. The summed E-state index contributed by atoms with van der Waals surface area (Å²) >= 11 is 1.08. The zero-order valence-corrected chi connectivity index (χ0v) is 12.9. The number of hydrogen-bond acceptors (Lipinski definition) is 5. The SMILES string of the molecule is CCc1nnsc1C(=O)Nc1ccc(C(=O)N(C)C)cc1. The van der Waals surface area contributed by atoms with Crippen LogP contribution >= 0.6 is 11.5 Å². The second-order valence-electron chi connectivity index (χ2n) is 4.63. The molecule has 0 saturated heterocycles. The van der Waals surface area contributed by atoms with Gasteiger partial charge in [-0.15, -0.1) is 5.10 Å². The van der Waals surface area contributed by atoms with Crippen LogP contribution in [0, 0.1) is 0 Å². The minimum absolute atomic E-state index is 0.0761. The van der Waals surface area contributed by atoms with Crippen molar-refractivity contribution in [2.45, 2.75) is 13.3 Å². The van der Waals surface area contributed by atoms with Crippen molar-refractivity contribution in [2.24, 2.45) is 0 Å². The Morgan fingerprint density at radius 3 is 2.48 bits per heavy atom. The van der Waals surface area contributed by atoms with E-state index in [0.29, 0.717) is 28.2 Å². The molecule has 1 heterocycles.